The fourth-order valence-corrected chi connectivity index (χ4v) is 9.93. The van der Waals surface area contributed by atoms with Gasteiger partial charge < -0.3 is 49.6 Å². The van der Waals surface area contributed by atoms with Gasteiger partial charge in [-0.3, -0.25) is 19.2 Å². The normalized spacial score (nSPS) is 39.1. The molecule has 366 valence electrons. The number of ether oxygens (including phenoxy) is 5. The Bertz CT molecular complexity index is 1760. The van der Waals surface area contributed by atoms with E-state index in [1.54, 1.807) is 42.1 Å². The Morgan fingerprint density at radius 3 is 2.22 bits per heavy atom. The van der Waals surface area contributed by atoms with Crippen LogP contribution in [0.1, 0.15) is 119 Å². The van der Waals surface area contributed by atoms with E-state index in [1.165, 1.54) is 13.0 Å². The number of Topliss-reactive ketones (excluding diaryl/α,β-unsaturated/α-hetero) is 3. The molecule has 15 nitrogen and oxygen atoms in total. The molecule has 15 atom stereocenters. The van der Waals surface area contributed by atoms with Crippen LogP contribution in [-0.4, -0.2) is 138 Å². The molecule has 0 aromatic heterocycles. The number of ketones is 3. The lowest BCUT2D eigenvalue weighted by atomic mass is 9.80. The van der Waals surface area contributed by atoms with Crippen molar-refractivity contribution in [1.82, 2.24) is 4.90 Å². The van der Waals surface area contributed by atoms with Gasteiger partial charge in [-0.05, 0) is 101 Å². The van der Waals surface area contributed by atoms with Crippen LogP contribution >= 0.6 is 0 Å². The number of nitrogens with two attached hydrogens (primary N) is 1. The van der Waals surface area contributed by atoms with Crippen molar-refractivity contribution < 1.29 is 63.0 Å². The second-order valence-electron chi connectivity index (χ2n) is 19.3. The first-order valence-electron chi connectivity index (χ1n) is 23.7. The number of aliphatic hydroxyl groups is 3. The summed E-state index contributed by atoms with van der Waals surface area (Å²) in [6.07, 6.45) is 10.2. The molecule has 3 heterocycles. The zero-order chi connectivity index (χ0) is 48.2. The van der Waals surface area contributed by atoms with Gasteiger partial charge >= 0.3 is 5.97 Å². The zero-order valence-electron chi connectivity index (χ0n) is 40.2. The van der Waals surface area contributed by atoms with Crippen molar-refractivity contribution in [3.05, 3.63) is 47.6 Å². The fraction of sp³-hybridized carbons (Fsp3) is 0.740. The van der Waals surface area contributed by atoms with Crippen molar-refractivity contribution in [3.63, 3.8) is 0 Å². The van der Waals surface area contributed by atoms with Gasteiger partial charge in [-0.15, -0.1) is 0 Å². The minimum Gasteiger partial charge on any atom is -0.459 e. The van der Waals surface area contributed by atoms with Gasteiger partial charge in [0.15, 0.2) is 5.78 Å². The predicted octanol–water partition coefficient (Wildman–Crippen LogP) is 4.87. The molecule has 1 saturated carbocycles. The lowest BCUT2D eigenvalue weighted by molar-refractivity contribution is -0.265. The number of amides is 1. The van der Waals surface area contributed by atoms with E-state index in [9.17, 15) is 39.3 Å². The van der Waals surface area contributed by atoms with Gasteiger partial charge in [0.05, 0.1) is 24.4 Å². The van der Waals surface area contributed by atoms with E-state index < -0.39 is 89.6 Å². The molecule has 4 rings (SSSR count). The Hall–Kier alpha value is -3.41. The Balaban J connectivity index is 1.69. The maximum Gasteiger partial charge on any atom is 0.329 e. The topological polar surface area (TPSA) is 221 Å². The summed E-state index contributed by atoms with van der Waals surface area (Å²) in [6.45, 7) is 10.4. The van der Waals surface area contributed by atoms with Crippen LogP contribution in [0.4, 0.5) is 0 Å². The highest BCUT2D eigenvalue weighted by Gasteiger charge is 2.53. The number of fused-ring (bicyclic) bond motifs is 3. The predicted molar refractivity (Wildman–Crippen MR) is 244 cm³/mol. The number of hydrogen-bond acceptors (Lipinski definition) is 14. The lowest BCUT2D eigenvalue weighted by Crippen LogP contribution is -2.61. The van der Waals surface area contributed by atoms with Crippen LogP contribution in [0.25, 0.3) is 0 Å². The zero-order valence-corrected chi connectivity index (χ0v) is 40.2. The van der Waals surface area contributed by atoms with Crippen LogP contribution in [-0.2, 0) is 47.7 Å². The smallest absolute Gasteiger partial charge is 0.329 e. The van der Waals surface area contributed by atoms with Crippen LogP contribution in [0.5, 0.6) is 0 Å². The SMILES string of the molecule is CO[C@H]1C[C@@H]2CC[C@@H](C)[C@@](O)(O2)C(=O)C(=O)N2CCCC[C@H]2C(=O)O[C@H]([C@H](N)C[C@@H]2CC[C@@H](OC)[C@H](OC)C2)CC(=O)[C@H](C)/C=C(\C)[C@@H](O)[C@@H](O)C(=O)[C@H](C)C[C@H](C)/C=C/C=CC=C1C. The van der Waals surface area contributed by atoms with Crippen molar-refractivity contribution in [2.24, 2.45) is 35.3 Å². The molecule has 4 aliphatic rings. The van der Waals surface area contributed by atoms with Crippen LogP contribution in [0.3, 0.4) is 0 Å². The molecule has 1 aliphatic carbocycles. The number of esters is 1. The van der Waals surface area contributed by atoms with Gasteiger partial charge in [-0.25, -0.2) is 4.79 Å². The minimum absolute atomic E-state index is 0.0415. The molecule has 0 radical (unpaired) electrons. The van der Waals surface area contributed by atoms with Gasteiger partial charge in [0.25, 0.3) is 11.7 Å². The van der Waals surface area contributed by atoms with E-state index in [4.69, 9.17) is 29.4 Å². The number of methoxy groups -OCH3 is 3. The van der Waals surface area contributed by atoms with Crippen molar-refractivity contribution in [2.75, 3.05) is 27.9 Å². The molecule has 2 bridgehead atoms. The number of rotatable bonds is 6. The molecule has 65 heavy (non-hydrogen) atoms. The number of nitrogens with zero attached hydrogens (tertiary/aromatic N) is 1. The molecule has 15 heteroatoms. The van der Waals surface area contributed by atoms with Gasteiger partial charge in [-0.2, -0.15) is 0 Å². The van der Waals surface area contributed by atoms with Gasteiger partial charge in [0.1, 0.15) is 30.1 Å². The monoisotopic (exact) mass is 915 g/mol. The van der Waals surface area contributed by atoms with Crippen LogP contribution < -0.4 is 5.73 Å². The first kappa shape index (κ1) is 54.2. The van der Waals surface area contributed by atoms with Gasteiger partial charge in [-0.1, -0.05) is 64.2 Å². The first-order valence-corrected chi connectivity index (χ1v) is 23.7. The minimum atomic E-state index is -2.45. The number of cyclic esters (lactones) is 1. The molecular formula is C50H78N2O13. The largest absolute Gasteiger partial charge is 0.459 e. The second kappa shape index (κ2) is 25.1. The van der Waals surface area contributed by atoms with E-state index in [1.807, 2.05) is 44.2 Å². The Morgan fingerprint density at radius 1 is 0.831 bits per heavy atom. The van der Waals surface area contributed by atoms with E-state index in [-0.39, 0.29) is 54.8 Å². The lowest BCUT2D eigenvalue weighted by Gasteiger charge is -2.42. The summed E-state index contributed by atoms with van der Waals surface area (Å²) in [7, 11) is 4.83. The third kappa shape index (κ3) is 14.3. The van der Waals surface area contributed by atoms with E-state index >= 15 is 0 Å². The average molecular weight is 915 g/mol. The summed E-state index contributed by atoms with van der Waals surface area (Å²) < 4.78 is 29.4. The molecule has 0 aromatic carbocycles. The van der Waals surface area contributed by atoms with Crippen molar-refractivity contribution >= 4 is 29.2 Å². The standard InChI is InChI=1S/C50H78N2O13/c1-29-15-11-10-12-16-30(2)41(62-8)27-36-20-18-34(6)50(60,65-36)47(57)48(58)52-22-14-13-17-38(52)49(59)64-42(37(51)25-35-19-21-40(61-7)43(26-35)63-9)28-39(53)31(3)24-33(5)45(55)46(56)44(54)32(4)23-29/h10-12,15-16,24,29,31-32,34-38,40-43,45-46,55-56,60H,13-14,17-23,25-28,51H2,1-9H3/b12-10?,15-11+,30-16?,33-24+/t29-,31-,32-,34-,35+,36+,37-,38+,40-,41+,42+,43-,45-,46+,50-/m1/s1. The van der Waals surface area contributed by atoms with E-state index in [0.717, 1.165) is 23.3 Å². The number of allylic oxidation sites excluding steroid dienone is 6. The summed E-state index contributed by atoms with van der Waals surface area (Å²) in [6, 6.07) is -2.01. The number of hydrogen-bond donors (Lipinski definition) is 4. The van der Waals surface area contributed by atoms with Crippen LogP contribution in [0, 0.1) is 29.6 Å². The second-order valence-corrected chi connectivity index (χ2v) is 19.3. The van der Waals surface area contributed by atoms with Crippen LogP contribution in [0.15, 0.2) is 47.6 Å². The Kier molecular flexibility index (Phi) is 20.9. The molecule has 3 aliphatic heterocycles. The maximum absolute atomic E-state index is 14.3. The molecule has 0 aromatic rings. The summed E-state index contributed by atoms with van der Waals surface area (Å²) >= 11 is 0. The third-order valence-corrected chi connectivity index (χ3v) is 14.3. The molecule has 0 spiro atoms. The molecular weight excluding hydrogens is 837 g/mol. The van der Waals surface area contributed by atoms with Gasteiger partial charge in [0.2, 0.25) is 5.79 Å². The van der Waals surface area contributed by atoms with Crippen molar-refractivity contribution in [2.45, 2.75) is 179 Å². The summed E-state index contributed by atoms with van der Waals surface area (Å²) in [4.78, 5) is 71.2. The summed E-state index contributed by atoms with van der Waals surface area (Å²) in [5, 5.41) is 34.0. The highest BCUT2D eigenvalue weighted by molar-refractivity contribution is 6.39. The highest BCUT2D eigenvalue weighted by Crippen LogP contribution is 2.37. The molecule has 3 fully saturated rings. The fourth-order valence-electron chi connectivity index (χ4n) is 9.93. The van der Waals surface area contributed by atoms with E-state index in [0.29, 0.717) is 51.4 Å². The van der Waals surface area contributed by atoms with Crippen molar-refractivity contribution in [1.29, 1.82) is 0 Å². The van der Waals surface area contributed by atoms with Gasteiger partial charge in [0, 0.05) is 64.5 Å². The summed E-state index contributed by atoms with van der Waals surface area (Å²) in [5.74, 6) is -8.50. The Morgan fingerprint density at radius 2 is 1.54 bits per heavy atom. The maximum atomic E-state index is 14.3. The average Bonchev–Trinajstić information content (AvgIpc) is 3.29. The molecule has 1 amide bonds. The number of carbonyl (C=O) groups excluding carboxylic acids is 5. The third-order valence-electron chi connectivity index (χ3n) is 14.3. The molecule has 0 unspecified atom stereocenters. The van der Waals surface area contributed by atoms with Crippen molar-refractivity contribution in [3.8, 4) is 0 Å². The molecule has 5 N–H and O–H groups in total. The highest BCUT2D eigenvalue weighted by atomic mass is 16.6. The quantitative estimate of drug-likeness (QED) is 0.159. The number of aliphatic hydroxyl groups excluding tert-OH is 2. The molecule has 2 saturated heterocycles. The summed E-state index contributed by atoms with van der Waals surface area (Å²) in [5.41, 5.74) is 7.95. The Labute approximate surface area is 386 Å². The van der Waals surface area contributed by atoms with E-state index in [2.05, 4.69) is 0 Å². The van der Waals surface area contributed by atoms with Crippen LogP contribution in [0.2, 0.25) is 0 Å². The first-order chi connectivity index (χ1) is 30.7. The number of carbonyl (C=O) groups is 5. The number of piperidine rings is 1.